The number of rotatable bonds is 9. The van der Waals surface area contributed by atoms with E-state index in [0.717, 1.165) is 12.2 Å². The summed E-state index contributed by atoms with van der Waals surface area (Å²) >= 11 is 7.83. The normalized spacial score (nSPS) is 11.9. The van der Waals surface area contributed by atoms with Crippen LogP contribution in [0.1, 0.15) is 30.6 Å². The van der Waals surface area contributed by atoms with Gasteiger partial charge in [0, 0.05) is 11.4 Å². The highest BCUT2D eigenvalue weighted by atomic mass is 35.5. The van der Waals surface area contributed by atoms with Crippen LogP contribution in [0.5, 0.6) is 0 Å². The van der Waals surface area contributed by atoms with Crippen molar-refractivity contribution in [3.8, 4) is 0 Å². The Morgan fingerprint density at radius 2 is 1.70 bits per heavy atom. The van der Waals surface area contributed by atoms with Crippen LogP contribution in [-0.4, -0.2) is 30.2 Å². The highest BCUT2D eigenvalue weighted by Gasteiger charge is 2.25. The van der Waals surface area contributed by atoms with E-state index in [1.807, 2.05) is 32.0 Å². The Balaban J connectivity index is 1.80. The van der Waals surface area contributed by atoms with Crippen LogP contribution >= 0.6 is 23.4 Å². The molecular formula is C21H25ClN2O2S. The van der Waals surface area contributed by atoms with Crippen LogP contribution in [0.15, 0.2) is 59.5 Å². The highest BCUT2D eigenvalue weighted by molar-refractivity contribution is 7.99. The first-order valence-corrected chi connectivity index (χ1v) is 10.4. The predicted molar refractivity (Wildman–Crippen MR) is 112 cm³/mol. The van der Waals surface area contributed by atoms with Gasteiger partial charge in [-0.2, -0.15) is 0 Å². The third kappa shape index (κ3) is 6.92. The molecule has 2 amide bonds. The summed E-state index contributed by atoms with van der Waals surface area (Å²) in [4.78, 5) is 26.2. The molecular weight excluding hydrogens is 380 g/mol. The average molecular weight is 405 g/mol. The van der Waals surface area contributed by atoms with Crippen molar-refractivity contribution >= 4 is 35.2 Å². The molecule has 144 valence electrons. The topological polar surface area (TPSA) is 58.2 Å². The van der Waals surface area contributed by atoms with E-state index in [0.29, 0.717) is 17.1 Å². The summed E-state index contributed by atoms with van der Waals surface area (Å²) in [5.41, 5.74) is 0.372. The second kappa shape index (κ2) is 11.0. The fraction of sp³-hybridized carbons (Fsp3) is 0.333. The molecule has 4 nitrogen and oxygen atoms in total. The summed E-state index contributed by atoms with van der Waals surface area (Å²) in [6.07, 6.45) is 0.856. The van der Waals surface area contributed by atoms with Crippen molar-refractivity contribution in [3.05, 3.63) is 65.2 Å². The summed E-state index contributed by atoms with van der Waals surface area (Å²) in [6.45, 7) is 4.38. The molecule has 2 aromatic carbocycles. The van der Waals surface area contributed by atoms with Gasteiger partial charge >= 0.3 is 0 Å². The van der Waals surface area contributed by atoms with Crippen molar-refractivity contribution in [2.75, 3.05) is 12.3 Å². The Labute approximate surface area is 170 Å². The Morgan fingerprint density at radius 1 is 1.04 bits per heavy atom. The first kappa shape index (κ1) is 21.3. The van der Waals surface area contributed by atoms with Gasteiger partial charge in [0.05, 0.1) is 10.6 Å². The van der Waals surface area contributed by atoms with Crippen LogP contribution < -0.4 is 10.6 Å². The molecule has 0 aromatic heterocycles. The predicted octanol–water partition coefficient (Wildman–Crippen LogP) is 4.39. The molecule has 0 saturated carbocycles. The summed E-state index contributed by atoms with van der Waals surface area (Å²) in [6, 6.07) is 16.4. The molecule has 0 radical (unpaired) electrons. The molecule has 0 bridgehead atoms. The number of hydrogen-bond donors (Lipinski definition) is 2. The monoisotopic (exact) mass is 404 g/mol. The maximum atomic E-state index is 12.5. The molecule has 27 heavy (non-hydrogen) atoms. The fourth-order valence-electron chi connectivity index (χ4n) is 2.50. The Hall–Kier alpha value is -1.98. The lowest BCUT2D eigenvalue weighted by Gasteiger charge is -2.22. The first-order valence-electron chi connectivity index (χ1n) is 9.00. The molecule has 2 rings (SSSR count). The molecule has 0 saturated heterocycles. The van der Waals surface area contributed by atoms with Crippen LogP contribution in [0.25, 0.3) is 0 Å². The SMILES string of the molecule is CC(C)C(NC(=O)c1ccccc1Cl)C(=O)NCCCSc1ccccc1. The lowest BCUT2D eigenvalue weighted by atomic mass is 10.0. The van der Waals surface area contributed by atoms with Gasteiger partial charge in [-0.15, -0.1) is 11.8 Å². The number of carbonyl (C=O) groups excluding carboxylic acids is 2. The molecule has 1 unspecified atom stereocenters. The van der Waals surface area contributed by atoms with E-state index >= 15 is 0 Å². The number of amides is 2. The van der Waals surface area contributed by atoms with Gasteiger partial charge in [0.25, 0.3) is 5.91 Å². The van der Waals surface area contributed by atoms with Crippen LogP contribution in [0.3, 0.4) is 0 Å². The van der Waals surface area contributed by atoms with Crippen molar-refractivity contribution in [3.63, 3.8) is 0 Å². The van der Waals surface area contributed by atoms with E-state index in [1.165, 1.54) is 4.90 Å². The zero-order valence-corrected chi connectivity index (χ0v) is 17.1. The van der Waals surface area contributed by atoms with E-state index < -0.39 is 6.04 Å². The van der Waals surface area contributed by atoms with Crippen molar-refractivity contribution in [2.45, 2.75) is 31.2 Å². The number of nitrogens with one attached hydrogen (secondary N) is 2. The van der Waals surface area contributed by atoms with E-state index in [2.05, 4.69) is 22.8 Å². The molecule has 2 aromatic rings. The highest BCUT2D eigenvalue weighted by Crippen LogP contribution is 2.17. The Kier molecular flexibility index (Phi) is 8.69. The average Bonchev–Trinajstić information content (AvgIpc) is 2.66. The summed E-state index contributed by atoms with van der Waals surface area (Å²) in [7, 11) is 0. The summed E-state index contributed by atoms with van der Waals surface area (Å²) < 4.78 is 0. The van der Waals surface area contributed by atoms with Gasteiger partial charge in [-0.05, 0) is 42.4 Å². The van der Waals surface area contributed by atoms with Gasteiger partial charge in [-0.1, -0.05) is 55.8 Å². The van der Waals surface area contributed by atoms with Crippen LogP contribution in [0.4, 0.5) is 0 Å². The molecule has 2 N–H and O–H groups in total. The summed E-state index contributed by atoms with van der Waals surface area (Å²) in [5, 5.41) is 6.09. The minimum absolute atomic E-state index is 0.0323. The second-order valence-corrected chi connectivity index (χ2v) is 8.06. The van der Waals surface area contributed by atoms with Gasteiger partial charge in [0.15, 0.2) is 0 Å². The second-order valence-electron chi connectivity index (χ2n) is 6.48. The van der Waals surface area contributed by atoms with Gasteiger partial charge in [-0.3, -0.25) is 9.59 Å². The van der Waals surface area contributed by atoms with Crippen molar-refractivity contribution < 1.29 is 9.59 Å². The number of halogens is 1. The first-order chi connectivity index (χ1) is 13.0. The third-order valence-electron chi connectivity index (χ3n) is 3.99. The third-order valence-corrected chi connectivity index (χ3v) is 5.41. The molecule has 0 fully saturated rings. The van der Waals surface area contributed by atoms with Crippen LogP contribution in [0.2, 0.25) is 5.02 Å². The largest absolute Gasteiger partial charge is 0.354 e. The van der Waals surface area contributed by atoms with Gasteiger partial charge in [0.1, 0.15) is 6.04 Å². The molecule has 0 aliphatic carbocycles. The fourth-order valence-corrected chi connectivity index (χ4v) is 3.60. The van der Waals surface area contributed by atoms with Crippen molar-refractivity contribution in [1.82, 2.24) is 10.6 Å². The standard InChI is InChI=1S/C21H25ClN2O2S/c1-15(2)19(24-20(25)17-11-6-7-12-18(17)22)21(26)23-13-8-14-27-16-9-4-3-5-10-16/h3-7,9-12,15,19H,8,13-14H2,1-2H3,(H,23,26)(H,24,25). The van der Waals surface area contributed by atoms with Crippen LogP contribution in [-0.2, 0) is 4.79 Å². The molecule has 0 heterocycles. The summed E-state index contributed by atoms with van der Waals surface area (Å²) in [5.74, 6) is 0.377. The van der Waals surface area contributed by atoms with Crippen molar-refractivity contribution in [1.29, 1.82) is 0 Å². The van der Waals surface area contributed by atoms with Gasteiger partial charge in [0.2, 0.25) is 5.91 Å². The van der Waals surface area contributed by atoms with Gasteiger partial charge < -0.3 is 10.6 Å². The number of hydrogen-bond acceptors (Lipinski definition) is 3. The minimum Gasteiger partial charge on any atom is -0.354 e. The van der Waals surface area contributed by atoms with Crippen molar-refractivity contribution in [2.24, 2.45) is 5.92 Å². The van der Waals surface area contributed by atoms with E-state index in [9.17, 15) is 9.59 Å². The Bertz CT molecular complexity index is 753. The zero-order valence-electron chi connectivity index (χ0n) is 15.6. The lowest BCUT2D eigenvalue weighted by Crippen LogP contribution is -2.50. The van der Waals surface area contributed by atoms with Gasteiger partial charge in [-0.25, -0.2) is 0 Å². The van der Waals surface area contributed by atoms with E-state index in [1.54, 1.807) is 36.0 Å². The smallest absolute Gasteiger partial charge is 0.253 e. The molecule has 0 aliphatic rings. The maximum Gasteiger partial charge on any atom is 0.253 e. The number of benzene rings is 2. The van der Waals surface area contributed by atoms with Crippen LogP contribution in [0, 0.1) is 5.92 Å². The molecule has 0 spiro atoms. The zero-order chi connectivity index (χ0) is 19.6. The molecule has 1 atom stereocenters. The number of thioether (sulfide) groups is 1. The number of carbonyl (C=O) groups is 2. The maximum absolute atomic E-state index is 12.5. The molecule has 6 heteroatoms. The minimum atomic E-state index is -0.601. The van der Waals surface area contributed by atoms with E-state index in [-0.39, 0.29) is 17.7 Å². The Morgan fingerprint density at radius 3 is 2.37 bits per heavy atom. The lowest BCUT2D eigenvalue weighted by molar-refractivity contribution is -0.123. The molecule has 0 aliphatic heterocycles. The quantitative estimate of drug-likeness (QED) is 0.481. The van der Waals surface area contributed by atoms with E-state index in [4.69, 9.17) is 11.6 Å².